The summed E-state index contributed by atoms with van der Waals surface area (Å²) < 4.78 is 0.734. The second kappa shape index (κ2) is 10.8. The minimum atomic E-state index is -0.418. The molecule has 170 valence electrons. The molecule has 1 aliphatic rings. The Hall–Kier alpha value is -1.87. The highest BCUT2D eigenvalue weighted by atomic mass is 79.9. The smallest absolute Gasteiger partial charge is 0.258 e. The first-order valence-corrected chi connectivity index (χ1v) is 12.0. The molecule has 1 aliphatic heterocycles. The van der Waals surface area contributed by atoms with Crippen molar-refractivity contribution in [1.29, 1.82) is 0 Å². The summed E-state index contributed by atoms with van der Waals surface area (Å²) in [5.41, 5.74) is 1.87. The van der Waals surface area contributed by atoms with Crippen LogP contribution in [0.1, 0.15) is 24.2 Å². The molecule has 6 nitrogen and oxygen atoms in total. The second-order valence-corrected chi connectivity index (χ2v) is 9.83. The molecule has 2 aromatic carbocycles. The van der Waals surface area contributed by atoms with Crippen molar-refractivity contribution in [2.24, 2.45) is 5.92 Å². The van der Waals surface area contributed by atoms with E-state index in [2.05, 4.69) is 31.5 Å². The number of anilines is 2. The number of carbonyl (C=O) groups is 2. The molecule has 2 amide bonds. The number of hydrogen-bond donors (Lipinski definition) is 2. The number of nitrogens with zero attached hydrogens (tertiary/aromatic N) is 2. The SMILES string of the molecule is CC(C)C(=O)N1CCN(c2ccc(Cl)cc2NC(=S)NC(=O)c2cc(Br)ccc2Cl)CC1. The molecule has 0 aliphatic carbocycles. The van der Waals surface area contributed by atoms with Crippen LogP contribution in [0.15, 0.2) is 40.9 Å². The Morgan fingerprint density at radius 2 is 1.75 bits per heavy atom. The van der Waals surface area contributed by atoms with Crippen LogP contribution in [-0.2, 0) is 4.79 Å². The molecule has 1 saturated heterocycles. The molecule has 2 aromatic rings. The first-order chi connectivity index (χ1) is 15.2. The Bertz CT molecular complexity index is 1040. The Morgan fingerprint density at radius 1 is 1.06 bits per heavy atom. The highest BCUT2D eigenvalue weighted by molar-refractivity contribution is 9.10. The first-order valence-electron chi connectivity index (χ1n) is 10.1. The Kier molecular flexibility index (Phi) is 8.38. The summed E-state index contributed by atoms with van der Waals surface area (Å²) in [6.45, 7) is 6.46. The Labute approximate surface area is 211 Å². The molecular weight excluding hydrogens is 535 g/mol. The van der Waals surface area contributed by atoms with Gasteiger partial charge in [-0.2, -0.15) is 0 Å². The van der Waals surface area contributed by atoms with Gasteiger partial charge in [-0.1, -0.05) is 53.0 Å². The minimum Gasteiger partial charge on any atom is -0.366 e. The molecule has 0 saturated carbocycles. The third-order valence-corrected chi connectivity index (χ3v) is 6.29. The van der Waals surface area contributed by atoms with Crippen LogP contribution in [0.5, 0.6) is 0 Å². The largest absolute Gasteiger partial charge is 0.366 e. The highest BCUT2D eigenvalue weighted by Crippen LogP contribution is 2.30. The topological polar surface area (TPSA) is 64.7 Å². The fourth-order valence-electron chi connectivity index (χ4n) is 3.41. The van der Waals surface area contributed by atoms with Gasteiger partial charge in [0, 0.05) is 41.6 Å². The lowest BCUT2D eigenvalue weighted by molar-refractivity contribution is -0.134. The fraction of sp³-hybridized carbons (Fsp3) is 0.318. The molecule has 10 heteroatoms. The number of nitrogens with one attached hydrogen (secondary N) is 2. The fourth-order valence-corrected chi connectivity index (χ4v) is 4.35. The predicted octanol–water partition coefficient (Wildman–Crippen LogP) is 5.19. The standard InChI is InChI=1S/C22H23BrCl2N4O2S/c1-13(2)21(31)29-9-7-28(8-10-29)19-6-4-15(24)12-18(19)26-22(32)27-20(30)16-11-14(23)3-5-17(16)25/h3-6,11-13H,7-10H2,1-2H3,(H2,26,27,30,32). The van der Waals surface area contributed by atoms with Gasteiger partial charge in [0.25, 0.3) is 5.91 Å². The summed E-state index contributed by atoms with van der Waals surface area (Å²) in [7, 11) is 0. The van der Waals surface area contributed by atoms with Crippen molar-refractivity contribution in [1.82, 2.24) is 10.2 Å². The summed E-state index contributed by atoms with van der Waals surface area (Å²) in [6, 6.07) is 10.5. The number of rotatable bonds is 4. The molecule has 0 unspecified atom stereocenters. The maximum Gasteiger partial charge on any atom is 0.258 e. The van der Waals surface area contributed by atoms with Gasteiger partial charge in [0.15, 0.2) is 5.11 Å². The Morgan fingerprint density at radius 3 is 2.41 bits per heavy atom. The van der Waals surface area contributed by atoms with E-state index >= 15 is 0 Å². The molecule has 0 atom stereocenters. The van der Waals surface area contributed by atoms with Crippen molar-refractivity contribution in [2.45, 2.75) is 13.8 Å². The first kappa shape index (κ1) is 24.8. The van der Waals surface area contributed by atoms with Crippen LogP contribution in [0.25, 0.3) is 0 Å². The average Bonchev–Trinajstić information content (AvgIpc) is 2.75. The summed E-state index contributed by atoms with van der Waals surface area (Å²) >= 11 is 21.0. The lowest BCUT2D eigenvalue weighted by Crippen LogP contribution is -2.50. The van der Waals surface area contributed by atoms with Crippen molar-refractivity contribution in [2.75, 3.05) is 36.4 Å². The van der Waals surface area contributed by atoms with Gasteiger partial charge in [0.2, 0.25) is 5.91 Å². The quantitative estimate of drug-likeness (QED) is 0.507. The normalized spacial score (nSPS) is 13.8. The zero-order valence-electron chi connectivity index (χ0n) is 17.6. The number of amides is 2. The van der Waals surface area contributed by atoms with Crippen LogP contribution in [-0.4, -0.2) is 48.0 Å². The molecule has 1 fully saturated rings. The third-order valence-electron chi connectivity index (χ3n) is 5.03. The number of carbonyl (C=O) groups excluding carboxylic acids is 2. The number of halogens is 3. The molecule has 32 heavy (non-hydrogen) atoms. The molecule has 0 bridgehead atoms. The van der Waals surface area contributed by atoms with Crippen molar-refractivity contribution in [3.05, 3.63) is 56.5 Å². The van der Waals surface area contributed by atoms with Crippen LogP contribution in [0.2, 0.25) is 10.0 Å². The minimum absolute atomic E-state index is 0.0194. The van der Waals surface area contributed by atoms with Crippen molar-refractivity contribution in [3.8, 4) is 0 Å². The number of piperazine rings is 1. The van der Waals surface area contributed by atoms with E-state index in [9.17, 15) is 9.59 Å². The second-order valence-electron chi connectivity index (χ2n) is 7.66. The van der Waals surface area contributed by atoms with Crippen molar-refractivity contribution < 1.29 is 9.59 Å². The molecule has 1 heterocycles. The van der Waals surface area contributed by atoms with Crippen LogP contribution in [0.3, 0.4) is 0 Å². The van der Waals surface area contributed by atoms with Gasteiger partial charge in [-0.25, -0.2) is 0 Å². The molecule has 3 rings (SSSR count). The maximum absolute atomic E-state index is 12.6. The van der Waals surface area contributed by atoms with E-state index in [1.165, 1.54) is 0 Å². The van der Waals surface area contributed by atoms with Crippen molar-refractivity contribution in [3.63, 3.8) is 0 Å². The van der Waals surface area contributed by atoms with Crippen LogP contribution < -0.4 is 15.5 Å². The maximum atomic E-state index is 12.6. The van der Waals surface area contributed by atoms with Crippen LogP contribution >= 0.6 is 51.3 Å². The van der Waals surface area contributed by atoms with Crippen LogP contribution in [0.4, 0.5) is 11.4 Å². The van der Waals surface area contributed by atoms with Crippen molar-refractivity contribution >= 4 is 79.7 Å². The molecular formula is C22H23BrCl2N4O2S. The summed E-state index contributed by atoms with van der Waals surface area (Å²) in [5, 5.41) is 6.72. The number of thiocarbonyl (C=S) groups is 1. The zero-order valence-corrected chi connectivity index (χ0v) is 21.5. The van der Waals surface area contributed by atoms with E-state index in [0.717, 1.165) is 10.2 Å². The van der Waals surface area contributed by atoms with E-state index in [1.54, 1.807) is 30.3 Å². The number of hydrogen-bond acceptors (Lipinski definition) is 4. The Balaban J connectivity index is 1.70. The number of benzene rings is 2. The van der Waals surface area contributed by atoms with Gasteiger partial charge in [0.05, 0.1) is 22.0 Å². The van der Waals surface area contributed by atoms with Gasteiger partial charge >= 0.3 is 0 Å². The van der Waals surface area contributed by atoms with Gasteiger partial charge in [-0.05, 0) is 48.6 Å². The predicted molar refractivity (Wildman–Crippen MR) is 138 cm³/mol. The van der Waals surface area contributed by atoms with E-state index in [0.29, 0.717) is 47.5 Å². The van der Waals surface area contributed by atoms with E-state index in [1.807, 2.05) is 24.8 Å². The molecule has 0 aromatic heterocycles. The summed E-state index contributed by atoms with van der Waals surface area (Å²) in [4.78, 5) is 28.9. The average molecular weight is 558 g/mol. The summed E-state index contributed by atoms with van der Waals surface area (Å²) in [6.07, 6.45) is 0. The third kappa shape index (κ3) is 6.13. The monoisotopic (exact) mass is 556 g/mol. The van der Waals surface area contributed by atoms with E-state index < -0.39 is 5.91 Å². The van der Waals surface area contributed by atoms with Gasteiger partial charge in [-0.15, -0.1) is 0 Å². The van der Waals surface area contributed by atoms with Gasteiger partial charge in [-0.3, -0.25) is 14.9 Å². The van der Waals surface area contributed by atoms with Crippen LogP contribution in [0, 0.1) is 5.92 Å². The molecule has 0 spiro atoms. The van der Waals surface area contributed by atoms with Gasteiger partial charge in [0.1, 0.15) is 0 Å². The van der Waals surface area contributed by atoms with Gasteiger partial charge < -0.3 is 15.1 Å². The van der Waals surface area contributed by atoms with E-state index in [4.69, 9.17) is 35.4 Å². The molecule has 2 N–H and O–H groups in total. The molecule has 0 radical (unpaired) electrons. The highest BCUT2D eigenvalue weighted by Gasteiger charge is 2.24. The van der Waals surface area contributed by atoms with E-state index in [-0.39, 0.29) is 16.9 Å². The zero-order chi connectivity index (χ0) is 23.4. The lowest BCUT2D eigenvalue weighted by Gasteiger charge is -2.37. The summed E-state index contributed by atoms with van der Waals surface area (Å²) in [5.74, 6) is -0.276. The lowest BCUT2D eigenvalue weighted by atomic mass is 10.1.